The number of nitrogens with zero attached hydrogens (tertiary/aromatic N) is 4. The number of rotatable bonds is 1. The molecule has 2 aliphatic heterocycles. The lowest BCUT2D eigenvalue weighted by Crippen LogP contribution is -2.49. The van der Waals surface area contributed by atoms with Crippen molar-refractivity contribution < 1.29 is 9.53 Å². The zero-order valence-corrected chi connectivity index (χ0v) is 19.8. The number of piperidine rings is 1. The van der Waals surface area contributed by atoms with E-state index in [0.717, 1.165) is 52.1 Å². The van der Waals surface area contributed by atoms with Crippen LogP contribution in [0.4, 0.5) is 4.79 Å². The summed E-state index contributed by atoms with van der Waals surface area (Å²) in [5.74, 6) is 0. The summed E-state index contributed by atoms with van der Waals surface area (Å²) in [7, 11) is 1.80. The Morgan fingerprint density at radius 2 is 1.84 bits per heavy atom. The molecule has 7 nitrogen and oxygen atoms in total. The lowest BCUT2D eigenvalue weighted by Gasteiger charge is -2.39. The van der Waals surface area contributed by atoms with Gasteiger partial charge < -0.3 is 9.64 Å². The SMILES string of the molecule is Cn1c(=O)n(C2CC3CCC(C2)N3C(=O)OC(C)(C)C)c2c3cc(Br)ccc3ncc21. The normalized spacial score (nSPS) is 23.6. The molecule has 0 spiro atoms. The molecule has 2 bridgehead atoms. The largest absolute Gasteiger partial charge is 0.444 e. The lowest BCUT2D eigenvalue weighted by atomic mass is 9.97. The van der Waals surface area contributed by atoms with Gasteiger partial charge in [-0.15, -0.1) is 0 Å². The fourth-order valence-electron chi connectivity index (χ4n) is 5.31. The second-order valence-corrected chi connectivity index (χ2v) is 10.7. The number of fused-ring (bicyclic) bond motifs is 5. The van der Waals surface area contributed by atoms with Crippen LogP contribution >= 0.6 is 15.9 Å². The van der Waals surface area contributed by atoms with Gasteiger partial charge in [-0.05, 0) is 64.7 Å². The molecule has 0 saturated carbocycles. The highest BCUT2D eigenvalue weighted by atomic mass is 79.9. The molecule has 2 aromatic heterocycles. The molecule has 2 unspecified atom stereocenters. The number of imidazole rings is 1. The first-order chi connectivity index (χ1) is 14.6. The molecule has 2 aliphatic rings. The van der Waals surface area contributed by atoms with Crippen molar-refractivity contribution in [3.63, 3.8) is 0 Å². The van der Waals surface area contributed by atoms with Crippen LogP contribution in [0.1, 0.15) is 52.5 Å². The summed E-state index contributed by atoms with van der Waals surface area (Å²) >= 11 is 3.56. The van der Waals surface area contributed by atoms with Gasteiger partial charge in [0.05, 0.1) is 22.7 Å². The molecule has 2 fully saturated rings. The number of aryl methyl sites for hydroxylation is 1. The molecule has 0 aliphatic carbocycles. The first kappa shape index (κ1) is 20.5. The lowest BCUT2D eigenvalue weighted by molar-refractivity contribution is 0.00298. The maximum atomic E-state index is 13.3. The third-order valence-electron chi connectivity index (χ3n) is 6.56. The van der Waals surface area contributed by atoms with Gasteiger partial charge in [-0.3, -0.25) is 14.1 Å². The average molecular weight is 487 g/mol. The van der Waals surface area contributed by atoms with Crippen molar-refractivity contribution >= 4 is 44.0 Å². The highest BCUT2D eigenvalue weighted by Gasteiger charge is 2.46. The quantitative estimate of drug-likeness (QED) is 0.497. The number of carbonyl (C=O) groups is 1. The Morgan fingerprint density at radius 1 is 1.16 bits per heavy atom. The molecule has 2 atom stereocenters. The molecule has 31 heavy (non-hydrogen) atoms. The highest BCUT2D eigenvalue weighted by molar-refractivity contribution is 9.10. The Bertz CT molecular complexity index is 1240. The van der Waals surface area contributed by atoms with Crippen LogP contribution in [-0.2, 0) is 11.8 Å². The van der Waals surface area contributed by atoms with Crippen LogP contribution in [0.5, 0.6) is 0 Å². The van der Waals surface area contributed by atoms with Crippen LogP contribution < -0.4 is 5.69 Å². The van der Waals surface area contributed by atoms with Gasteiger partial charge in [-0.1, -0.05) is 15.9 Å². The number of carbonyl (C=O) groups excluding carboxylic acids is 1. The molecule has 4 heterocycles. The van der Waals surface area contributed by atoms with Crippen molar-refractivity contribution in [3.05, 3.63) is 39.4 Å². The molecule has 1 aromatic carbocycles. The number of aromatic nitrogens is 3. The van der Waals surface area contributed by atoms with E-state index >= 15 is 0 Å². The topological polar surface area (TPSA) is 69.4 Å². The molecular weight excluding hydrogens is 460 g/mol. The third kappa shape index (κ3) is 3.35. The molecule has 3 aromatic rings. The maximum Gasteiger partial charge on any atom is 0.410 e. The van der Waals surface area contributed by atoms with Gasteiger partial charge in [-0.2, -0.15) is 0 Å². The molecule has 0 N–H and O–H groups in total. The Balaban J connectivity index is 1.57. The summed E-state index contributed by atoms with van der Waals surface area (Å²) in [4.78, 5) is 32.6. The summed E-state index contributed by atoms with van der Waals surface area (Å²) in [6.07, 6.45) is 4.97. The average Bonchev–Trinajstić information content (AvgIpc) is 3.11. The summed E-state index contributed by atoms with van der Waals surface area (Å²) in [6, 6.07) is 6.20. The van der Waals surface area contributed by atoms with Crippen molar-refractivity contribution in [2.75, 3.05) is 0 Å². The third-order valence-corrected chi connectivity index (χ3v) is 7.05. The van der Waals surface area contributed by atoms with E-state index in [0.29, 0.717) is 0 Å². The zero-order valence-electron chi connectivity index (χ0n) is 18.3. The van der Waals surface area contributed by atoms with E-state index in [2.05, 4.69) is 20.9 Å². The van der Waals surface area contributed by atoms with Gasteiger partial charge in [0.15, 0.2) is 0 Å². The van der Waals surface area contributed by atoms with E-state index < -0.39 is 5.60 Å². The number of hydrogen-bond donors (Lipinski definition) is 0. The zero-order chi connectivity index (χ0) is 22.1. The van der Waals surface area contributed by atoms with E-state index in [1.807, 2.05) is 48.4 Å². The second kappa shape index (κ2) is 7.08. The Morgan fingerprint density at radius 3 is 2.48 bits per heavy atom. The summed E-state index contributed by atoms with van der Waals surface area (Å²) in [6.45, 7) is 5.69. The van der Waals surface area contributed by atoms with E-state index in [1.165, 1.54) is 0 Å². The predicted octanol–water partition coefficient (Wildman–Crippen LogP) is 4.75. The molecule has 8 heteroatoms. The fourth-order valence-corrected chi connectivity index (χ4v) is 5.67. The number of amides is 1. The van der Waals surface area contributed by atoms with Gasteiger partial charge in [0.1, 0.15) is 5.60 Å². The van der Waals surface area contributed by atoms with Crippen molar-refractivity contribution in [1.29, 1.82) is 0 Å². The van der Waals surface area contributed by atoms with Crippen LogP contribution in [0.2, 0.25) is 0 Å². The van der Waals surface area contributed by atoms with E-state index in [1.54, 1.807) is 17.8 Å². The Labute approximate surface area is 189 Å². The summed E-state index contributed by atoms with van der Waals surface area (Å²) in [5.41, 5.74) is 2.08. The predicted molar refractivity (Wildman–Crippen MR) is 123 cm³/mol. The molecule has 5 rings (SSSR count). The van der Waals surface area contributed by atoms with E-state index in [4.69, 9.17) is 4.74 Å². The molecular formula is C23H27BrN4O3. The monoisotopic (exact) mass is 486 g/mol. The number of benzene rings is 1. The van der Waals surface area contributed by atoms with Gasteiger partial charge >= 0.3 is 11.8 Å². The smallest absolute Gasteiger partial charge is 0.410 e. The molecule has 0 radical (unpaired) electrons. The second-order valence-electron chi connectivity index (χ2n) is 9.76. The van der Waals surface area contributed by atoms with Gasteiger partial charge in [-0.25, -0.2) is 9.59 Å². The van der Waals surface area contributed by atoms with Crippen LogP contribution in [0.15, 0.2) is 33.7 Å². The molecule has 1 amide bonds. The first-order valence-electron chi connectivity index (χ1n) is 10.8. The summed E-state index contributed by atoms with van der Waals surface area (Å²) in [5, 5.41) is 0.964. The van der Waals surface area contributed by atoms with Crippen molar-refractivity contribution in [3.8, 4) is 0 Å². The summed E-state index contributed by atoms with van der Waals surface area (Å²) < 4.78 is 10.3. The van der Waals surface area contributed by atoms with E-state index in [9.17, 15) is 9.59 Å². The van der Waals surface area contributed by atoms with Crippen molar-refractivity contribution in [2.24, 2.45) is 7.05 Å². The van der Waals surface area contributed by atoms with Crippen LogP contribution in [-0.4, -0.2) is 42.8 Å². The van der Waals surface area contributed by atoms with Crippen molar-refractivity contribution in [1.82, 2.24) is 19.0 Å². The van der Waals surface area contributed by atoms with Crippen LogP contribution in [0.3, 0.4) is 0 Å². The maximum absolute atomic E-state index is 13.3. The van der Waals surface area contributed by atoms with Gasteiger partial charge in [0, 0.05) is 35.0 Å². The van der Waals surface area contributed by atoms with E-state index in [-0.39, 0.29) is 29.9 Å². The number of ether oxygens (including phenoxy) is 1. The fraction of sp³-hybridized carbons (Fsp3) is 0.522. The number of hydrogen-bond acceptors (Lipinski definition) is 4. The van der Waals surface area contributed by atoms with Crippen LogP contribution in [0.25, 0.3) is 21.9 Å². The first-order valence-corrected chi connectivity index (χ1v) is 11.6. The van der Waals surface area contributed by atoms with Crippen LogP contribution in [0, 0.1) is 0 Å². The van der Waals surface area contributed by atoms with Crippen molar-refractivity contribution in [2.45, 2.75) is 70.2 Å². The minimum Gasteiger partial charge on any atom is -0.444 e. The number of pyridine rings is 1. The standard InChI is InChI=1S/C23H27BrN4O3/c1-23(2,3)31-22(30)27-14-6-7-15(27)11-16(10-14)28-20-17-9-13(24)5-8-18(17)25-12-19(20)26(4)21(28)29/h5,8-9,12,14-16H,6-7,10-11H2,1-4H3. The Hall–Kier alpha value is -2.35. The molecule has 2 saturated heterocycles. The van der Waals surface area contributed by atoms with Gasteiger partial charge in [0.2, 0.25) is 0 Å². The minimum atomic E-state index is -0.515. The molecule has 164 valence electrons. The van der Waals surface area contributed by atoms with Gasteiger partial charge in [0.25, 0.3) is 0 Å². The number of halogens is 1. The Kier molecular flexibility index (Phi) is 4.70. The highest BCUT2D eigenvalue weighted by Crippen LogP contribution is 2.42. The minimum absolute atomic E-state index is 0.0283.